The summed E-state index contributed by atoms with van der Waals surface area (Å²) < 4.78 is 13.2. The number of hydrogen-bond donors (Lipinski definition) is 1. The van der Waals surface area contributed by atoms with Gasteiger partial charge in [0.15, 0.2) is 0 Å². The van der Waals surface area contributed by atoms with Crippen LogP contribution in [0.2, 0.25) is 0 Å². The Kier molecular flexibility index (Phi) is 7.62. The van der Waals surface area contributed by atoms with Crippen LogP contribution in [0.25, 0.3) is 10.8 Å². The van der Waals surface area contributed by atoms with E-state index in [0.717, 1.165) is 24.9 Å². The molecule has 1 N–H and O–H groups in total. The van der Waals surface area contributed by atoms with Crippen molar-refractivity contribution in [2.75, 3.05) is 6.54 Å². The van der Waals surface area contributed by atoms with Gasteiger partial charge in [-0.05, 0) is 60.3 Å². The van der Waals surface area contributed by atoms with E-state index in [1.807, 2.05) is 19.9 Å². The van der Waals surface area contributed by atoms with Crippen molar-refractivity contribution in [3.63, 3.8) is 0 Å². The number of nitrogens with one attached hydrogen (secondary N) is 1. The van der Waals surface area contributed by atoms with Crippen molar-refractivity contribution in [3.8, 4) is 0 Å². The van der Waals surface area contributed by atoms with Crippen LogP contribution < -0.4 is 5.32 Å². The molecular weight excluding hydrogens is 309 g/mol. The molecule has 25 heavy (non-hydrogen) atoms. The fraction of sp³-hybridized carbons (Fsp3) is 0.304. The lowest BCUT2D eigenvalue weighted by molar-refractivity contribution is 0.560. The van der Waals surface area contributed by atoms with Crippen molar-refractivity contribution in [1.82, 2.24) is 5.32 Å². The van der Waals surface area contributed by atoms with Gasteiger partial charge in [0, 0.05) is 6.04 Å². The van der Waals surface area contributed by atoms with Crippen LogP contribution in [-0.4, -0.2) is 6.54 Å². The molecule has 0 bridgehead atoms. The van der Waals surface area contributed by atoms with Crippen LogP contribution in [0, 0.1) is 5.82 Å². The minimum Gasteiger partial charge on any atom is -0.310 e. The van der Waals surface area contributed by atoms with Gasteiger partial charge in [-0.3, -0.25) is 0 Å². The molecule has 3 rings (SSSR count). The van der Waals surface area contributed by atoms with E-state index in [9.17, 15) is 4.39 Å². The number of halogens is 1. The lowest BCUT2D eigenvalue weighted by Crippen LogP contribution is -2.20. The van der Waals surface area contributed by atoms with Gasteiger partial charge in [0.1, 0.15) is 5.82 Å². The minimum absolute atomic E-state index is 0.153. The first-order chi connectivity index (χ1) is 12.2. The molecule has 1 unspecified atom stereocenters. The van der Waals surface area contributed by atoms with Crippen molar-refractivity contribution in [2.24, 2.45) is 0 Å². The number of rotatable bonds is 6. The summed E-state index contributed by atoms with van der Waals surface area (Å²) in [5.41, 5.74) is 2.39. The molecule has 0 heterocycles. The zero-order chi connectivity index (χ0) is 18.1. The minimum atomic E-state index is -0.153. The molecule has 0 saturated carbocycles. The molecule has 2 heteroatoms. The highest BCUT2D eigenvalue weighted by atomic mass is 19.1. The SMILES string of the molecule is CC.CC(NCCCc1cccc(F)c1)c1cccc2ccccc12. The van der Waals surface area contributed by atoms with Crippen molar-refractivity contribution in [3.05, 3.63) is 83.7 Å². The Balaban J connectivity index is 0.00000109. The van der Waals surface area contributed by atoms with Crippen LogP contribution in [0.15, 0.2) is 66.7 Å². The molecule has 1 atom stereocenters. The zero-order valence-electron chi connectivity index (χ0n) is 15.4. The molecule has 3 aromatic rings. The van der Waals surface area contributed by atoms with E-state index in [-0.39, 0.29) is 5.82 Å². The van der Waals surface area contributed by atoms with E-state index in [1.165, 1.54) is 22.4 Å². The molecule has 0 aliphatic carbocycles. The van der Waals surface area contributed by atoms with Crippen molar-refractivity contribution in [1.29, 1.82) is 0 Å². The molecule has 3 aromatic carbocycles. The average Bonchev–Trinajstić information content (AvgIpc) is 2.66. The Bertz CT molecular complexity index is 776. The highest BCUT2D eigenvalue weighted by molar-refractivity contribution is 5.86. The molecule has 0 aromatic heterocycles. The summed E-state index contributed by atoms with van der Waals surface area (Å²) >= 11 is 0. The van der Waals surface area contributed by atoms with Gasteiger partial charge in [-0.1, -0.05) is 68.4 Å². The van der Waals surface area contributed by atoms with Gasteiger partial charge in [-0.15, -0.1) is 0 Å². The number of benzene rings is 3. The number of hydrogen-bond acceptors (Lipinski definition) is 1. The van der Waals surface area contributed by atoms with Crippen molar-refractivity contribution >= 4 is 10.8 Å². The largest absolute Gasteiger partial charge is 0.310 e. The van der Waals surface area contributed by atoms with Crippen LogP contribution in [0.1, 0.15) is 44.4 Å². The van der Waals surface area contributed by atoms with E-state index in [4.69, 9.17) is 0 Å². The van der Waals surface area contributed by atoms with Gasteiger partial charge in [0.05, 0.1) is 0 Å². The summed E-state index contributed by atoms with van der Waals surface area (Å²) in [6.45, 7) is 7.12. The second-order valence-corrected chi connectivity index (χ2v) is 5.98. The van der Waals surface area contributed by atoms with E-state index in [2.05, 4.69) is 54.7 Å². The molecule has 0 aliphatic heterocycles. The number of aryl methyl sites for hydroxylation is 1. The topological polar surface area (TPSA) is 12.0 Å². The predicted octanol–water partition coefficient (Wildman–Crippen LogP) is 6.29. The Morgan fingerprint density at radius 2 is 1.64 bits per heavy atom. The standard InChI is InChI=1S/C21H22FN.C2H6/c1-16(20-13-5-10-18-9-2-3-12-21(18)20)23-14-6-8-17-7-4-11-19(22)15-17;1-2/h2-5,7,9-13,15-16,23H,6,8,14H2,1H3;1-2H3. The van der Waals surface area contributed by atoms with Crippen LogP contribution in [0.3, 0.4) is 0 Å². The molecule has 0 fully saturated rings. The van der Waals surface area contributed by atoms with Gasteiger partial charge in [0.2, 0.25) is 0 Å². The van der Waals surface area contributed by atoms with Crippen LogP contribution >= 0.6 is 0 Å². The highest BCUT2D eigenvalue weighted by Crippen LogP contribution is 2.23. The molecule has 0 aliphatic rings. The van der Waals surface area contributed by atoms with Crippen molar-refractivity contribution < 1.29 is 4.39 Å². The summed E-state index contributed by atoms with van der Waals surface area (Å²) in [5, 5.41) is 6.16. The molecule has 132 valence electrons. The second-order valence-electron chi connectivity index (χ2n) is 5.98. The maximum atomic E-state index is 13.2. The Morgan fingerprint density at radius 1 is 0.920 bits per heavy atom. The number of fused-ring (bicyclic) bond motifs is 1. The maximum absolute atomic E-state index is 13.2. The van der Waals surface area contributed by atoms with Crippen LogP contribution in [0.4, 0.5) is 4.39 Å². The molecule has 0 radical (unpaired) electrons. The molecule has 0 spiro atoms. The lowest BCUT2D eigenvalue weighted by Gasteiger charge is -2.16. The zero-order valence-corrected chi connectivity index (χ0v) is 15.4. The van der Waals surface area contributed by atoms with E-state index >= 15 is 0 Å². The average molecular weight is 337 g/mol. The van der Waals surface area contributed by atoms with Gasteiger partial charge in [0.25, 0.3) is 0 Å². The summed E-state index contributed by atoms with van der Waals surface area (Å²) in [6, 6.07) is 22.1. The first kappa shape index (κ1) is 19.1. The van der Waals surface area contributed by atoms with Crippen LogP contribution in [-0.2, 0) is 6.42 Å². The van der Waals surface area contributed by atoms with Gasteiger partial charge < -0.3 is 5.32 Å². The van der Waals surface area contributed by atoms with E-state index < -0.39 is 0 Å². The maximum Gasteiger partial charge on any atom is 0.123 e. The fourth-order valence-corrected chi connectivity index (χ4v) is 3.04. The van der Waals surface area contributed by atoms with Gasteiger partial charge >= 0.3 is 0 Å². The lowest BCUT2D eigenvalue weighted by atomic mass is 9.99. The first-order valence-corrected chi connectivity index (χ1v) is 9.19. The summed E-state index contributed by atoms with van der Waals surface area (Å²) in [5.74, 6) is -0.153. The summed E-state index contributed by atoms with van der Waals surface area (Å²) in [6.07, 6.45) is 1.89. The third kappa shape index (κ3) is 5.40. The quantitative estimate of drug-likeness (QED) is 0.521. The van der Waals surface area contributed by atoms with Gasteiger partial charge in [-0.2, -0.15) is 0 Å². The molecule has 1 nitrogen and oxygen atoms in total. The van der Waals surface area contributed by atoms with Crippen LogP contribution in [0.5, 0.6) is 0 Å². The second kappa shape index (κ2) is 9.95. The molecule has 0 amide bonds. The predicted molar refractivity (Wildman–Crippen MR) is 106 cm³/mol. The normalized spacial score (nSPS) is 11.7. The van der Waals surface area contributed by atoms with E-state index in [0.29, 0.717) is 6.04 Å². The Morgan fingerprint density at radius 3 is 2.44 bits per heavy atom. The van der Waals surface area contributed by atoms with E-state index in [1.54, 1.807) is 12.1 Å². The molecular formula is C23H28FN. The third-order valence-corrected chi connectivity index (χ3v) is 4.27. The smallest absolute Gasteiger partial charge is 0.123 e. The van der Waals surface area contributed by atoms with Gasteiger partial charge in [-0.25, -0.2) is 4.39 Å². The monoisotopic (exact) mass is 337 g/mol. The third-order valence-electron chi connectivity index (χ3n) is 4.27. The Hall–Kier alpha value is -2.19. The highest BCUT2D eigenvalue weighted by Gasteiger charge is 2.08. The Labute approximate surface area is 150 Å². The fourth-order valence-electron chi connectivity index (χ4n) is 3.04. The first-order valence-electron chi connectivity index (χ1n) is 9.19. The summed E-state index contributed by atoms with van der Waals surface area (Å²) in [4.78, 5) is 0. The molecule has 0 saturated heterocycles. The summed E-state index contributed by atoms with van der Waals surface area (Å²) in [7, 11) is 0. The van der Waals surface area contributed by atoms with Crippen molar-refractivity contribution in [2.45, 2.75) is 39.7 Å².